The van der Waals surface area contributed by atoms with Crippen molar-refractivity contribution in [1.82, 2.24) is 0 Å². The molecule has 0 spiro atoms. The molecule has 0 fully saturated rings. The zero-order valence-corrected chi connectivity index (χ0v) is 14.7. The van der Waals surface area contributed by atoms with Crippen LogP contribution in [0.5, 0.6) is 0 Å². The standard InChI is InChI=1S/C23H20N2O/c1-17-7-11-19(12-8-17)22-15-23(20-5-3-2-4-6-20)25(24-22)21-13-9-18(16-26)10-14-21/h2-14,16,23H,15H2,1H3. The number of nitrogens with zero attached hydrogens (tertiary/aromatic N) is 2. The van der Waals surface area contributed by atoms with Crippen molar-refractivity contribution < 1.29 is 4.79 Å². The van der Waals surface area contributed by atoms with Crippen LogP contribution in [0, 0.1) is 6.92 Å². The number of carbonyl (C=O) groups excluding carboxylic acids is 1. The van der Waals surface area contributed by atoms with Crippen molar-refractivity contribution in [2.45, 2.75) is 19.4 Å². The number of aldehydes is 1. The fourth-order valence-electron chi connectivity index (χ4n) is 3.31. The van der Waals surface area contributed by atoms with Gasteiger partial charge in [-0.25, -0.2) is 0 Å². The van der Waals surface area contributed by atoms with Gasteiger partial charge in [0.05, 0.1) is 17.4 Å². The van der Waals surface area contributed by atoms with E-state index in [1.165, 1.54) is 11.1 Å². The molecule has 3 aromatic rings. The lowest BCUT2D eigenvalue weighted by molar-refractivity contribution is 0.112. The summed E-state index contributed by atoms with van der Waals surface area (Å²) in [7, 11) is 0. The topological polar surface area (TPSA) is 32.7 Å². The number of rotatable bonds is 4. The Balaban J connectivity index is 1.73. The molecule has 1 aliphatic rings. The molecule has 4 rings (SSSR count). The van der Waals surface area contributed by atoms with E-state index < -0.39 is 0 Å². The van der Waals surface area contributed by atoms with E-state index >= 15 is 0 Å². The molecule has 0 aromatic heterocycles. The molecule has 0 amide bonds. The van der Waals surface area contributed by atoms with Crippen molar-refractivity contribution in [1.29, 1.82) is 0 Å². The Morgan fingerprint density at radius 1 is 0.923 bits per heavy atom. The molecule has 1 unspecified atom stereocenters. The molecule has 3 nitrogen and oxygen atoms in total. The lowest BCUT2D eigenvalue weighted by Gasteiger charge is -2.24. The predicted molar refractivity (Wildman–Crippen MR) is 106 cm³/mol. The number of hydrogen-bond acceptors (Lipinski definition) is 3. The molecule has 1 atom stereocenters. The molecule has 0 bridgehead atoms. The maximum absolute atomic E-state index is 10.9. The first-order chi connectivity index (χ1) is 12.7. The van der Waals surface area contributed by atoms with Gasteiger partial charge < -0.3 is 0 Å². The largest absolute Gasteiger partial charge is 0.298 e. The summed E-state index contributed by atoms with van der Waals surface area (Å²) in [6, 6.07) is 26.7. The SMILES string of the molecule is Cc1ccc(C2=NN(c3ccc(C=O)cc3)C(c3ccccc3)C2)cc1. The zero-order valence-electron chi connectivity index (χ0n) is 14.7. The second-order valence-corrected chi connectivity index (χ2v) is 6.60. The maximum atomic E-state index is 10.9. The smallest absolute Gasteiger partial charge is 0.150 e. The zero-order chi connectivity index (χ0) is 17.9. The minimum atomic E-state index is 0.148. The normalized spacial score (nSPS) is 16.4. The molecule has 0 N–H and O–H groups in total. The minimum absolute atomic E-state index is 0.148. The summed E-state index contributed by atoms with van der Waals surface area (Å²) in [5, 5.41) is 7.00. The molecule has 0 aliphatic carbocycles. The average molecular weight is 340 g/mol. The molecule has 1 aliphatic heterocycles. The highest BCUT2D eigenvalue weighted by atomic mass is 16.1. The molecular weight excluding hydrogens is 320 g/mol. The number of aryl methyl sites for hydroxylation is 1. The van der Waals surface area contributed by atoms with Crippen LogP contribution in [-0.4, -0.2) is 12.0 Å². The first kappa shape index (κ1) is 16.3. The van der Waals surface area contributed by atoms with Crippen molar-refractivity contribution in [3.05, 3.63) is 101 Å². The fraction of sp³-hybridized carbons (Fsp3) is 0.130. The Morgan fingerprint density at radius 3 is 2.27 bits per heavy atom. The number of anilines is 1. The summed E-state index contributed by atoms with van der Waals surface area (Å²) in [6.07, 6.45) is 1.71. The van der Waals surface area contributed by atoms with E-state index in [9.17, 15) is 4.79 Å². The van der Waals surface area contributed by atoms with E-state index in [4.69, 9.17) is 5.10 Å². The Morgan fingerprint density at radius 2 is 1.62 bits per heavy atom. The number of hydrogen-bond donors (Lipinski definition) is 0. The van der Waals surface area contributed by atoms with Crippen molar-refractivity contribution in [3.63, 3.8) is 0 Å². The highest BCUT2D eigenvalue weighted by Crippen LogP contribution is 2.36. The van der Waals surface area contributed by atoms with E-state index in [0.29, 0.717) is 5.56 Å². The van der Waals surface area contributed by atoms with Gasteiger partial charge in [-0.1, -0.05) is 60.2 Å². The second kappa shape index (κ2) is 6.96. The highest BCUT2D eigenvalue weighted by Gasteiger charge is 2.29. The van der Waals surface area contributed by atoms with Gasteiger partial charge in [0.15, 0.2) is 0 Å². The second-order valence-electron chi connectivity index (χ2n) is 6.60. The lowest BCUT2D eigenvalue weighted by Crippen LogP contribution is -2.18. The Kier molecular flexibility index (Phi) is 4.36. The molecule has 1 heterocycles. The van der Waals surface area contributed by atoms with Crippen molar-refractivity contribution >= 4 is 17.7 Å². The molecule has 128 valence electrons. The summed E-state index contributed by atoms with van der Waals surface area (Å²) in [6.45, 7) is 2.09. The van der Waals surface area contributed by atoms with Crippen molar-refractivity contribution in [3.8, 4) is 0 Å². The van der Waals surface area contributed by atoms with Crippen LogP contribution in [-0.2, 0) is 0 Å². The first-order valence-electron chi connectivity index (χ1n) is 8.78. The quantitative estimate of drug-likeness (QED) is 0.614. The third-order valence-electron chi connectivity index (χ3n) is 4.77. The Labute approximate surface area is 153 Å². The average Bonchev–Trinajstić information content (AvgIpc) is 3.15. The van der Waals surface area contributed by atoms with E-state index in [2.05, 4.69) is 60.5 Å². The van der Waals surface area contributed by atoms with E-state index in [-0.39, 0.29) is 6.04 Å². The summed E-state index contributed by atoms with van der Waals surface area (Å²) >= 11 is 0. The number of carbonyl (C=O) groups is 1. The van der Waals surface area contributed by atoms with Crippen molar-refractivity contribution in [2.75, 3.05) is 5.01 Å². The molecule has 26 heavy (non-hydrogen) atoms. The molecule has 3 heteroatoms. The maximum Gasteiger partial charge on any atom is 0.150 e. The Bertz CT molecular complexity index is 928. The highest BCUT2D eigenvalue weighted by molar-refractivity contribution is 6.03. The van der Waals surface area contributed by atoms with Gasteiger partial charge in [0.2, 0.25) is 0 Å². The van der Waals surface area contributed by atoms with Crippen LogP contribution in [0.25, 0.3) is 0 Å². The van der Waals surface area contributed by atoms with E-state index in [1.54, 1.807) is 0 Å². The predicted octanol–water partition coefficient (Wildman–Crippen LogP) is 5.16. The van der Waals surface area contributed by atoms with Gasteiger partial charge in [-0.15, -0.1) is 0 Å². The van der Waals surface area contributed by atoms with Crippen LogP contribution in [0.15, 0.2) is 84.0 Å². The molecule has 0 saturated carbocycles. The van der Waals surface area contributed by atoms with Gasteiger partial charge in [0, 0.05) is 12.0 Å². The summed E-state index contributed by atoms with van der Waals surface area (Å²) in [5.41, 5.74) is 6.38. The monoisotopic (exact) mass is 340 g/mol. The summed E-state index contributed by atoms with van der Waals surface area (Å²) < 4.78 is 0. The van der Waals surface area contributed by atoms with Crippen LogP contribution in [0.4, 0.5) is 5.69 Å². The van der Waals surface area contributed by atoms with Gasteiger partial charge in [-0.05, 0) is 42.3 Å². The van der Waals surface area contributed by atoms with Crippen molar-refractivity contribution in [2.24, 2.45) is 5.10 Å². The lowest BCUT2D eigenvalue weighted by atomic mass is 9.98. The number of benzene rings is 3. The minimum Gasteiger partial charge on any atom is -0.298 e. The van der Waals surface area contributed by atoms with E-state index in [0.717, 1.165) is 29.7 Å². The van der Waals surface area contributed by atoms with Crippen LogP contribution in [0.1, 0.15) is 39.5 Å². The van der Waals surface area contributed by atoms with E-state index in [1.807, 2.05) is 30.3 Å². The third-order valence-corrected chi connectivity index (χ3v) is 4.77. The van der Waals surface area contributed by atoms with Gasteiger partial charge in [0.25, 0.3) is 0 Å². The van der Waals surface area contributed by atoms with Gasteiger partial charge in [0.1, 0.15) is 6.29 Å². The molecule has 3 aromatic carbocycles. The fourth-order valence-corrected chi connectivity index (χ4v) is 3.31. The summed E-state index contributed by atoms with van der Waals surface area (Å²) in [4.78, 5) is 10.9. The molecule has 0 saturated heterocycles. The molecular formula is C23H20N2O. The summed E-state index contributed by atoms with van der Waals surface area (Å²) in [5.74, 6) is 0. The number of hydrazone groups is 1. The van der Waals surface area contributed by atoms with Crippen LogP contribution < -0.4 is 5.01 Å². The van der Waals surface area contributed by atoms with Crippen LogP contribution in [0.2, 0.25) is 0 Å². The Hall–Kier alpha value is -3.20. The van der Waals surface area contributed by atoms with Gasteiger partial charge >= 0.3 is 0 Å². The van der Waals surface area contributed by atoms with Crippen LogP contribution in [0.3, 0.4) is 0 Å². The van der Waals surface area contributed by atoms with Gasteiger partial charge in [-0.2, -0.15) is 5.10 Å². The first-order valence-corrected chi connectivity index (χ1v) is 8.78. The van der Waals surface area contributed by atoms with Gasteiger partial charge in [-0.3, -0.25) is 9.80 Å². The van der Waals surface area contributed by atoms with Crippen LogP contribution >= 0.6 is 0 Å². The third kappa shape index (κ3) is 3.16. The molecule has 0 radical (unpaired) electrons.